The van der Waals surface area contributed by atoms with Gasteiger partial charge in [0.1, 0.15) is 6.61 Å². The highest BCUT2D eigenvalue weighted by Crippen LogP contribution is 2.22. The Bertz CT molecular complexity index is 292. The lowest BCUT2D eigenvalue weighted by Gasteiger charge is -2.35. The minimum Gasteiger partial charge on any atom is -0.391 e. The Labute approximate surface area is 115 Å². The first-order chi connectivity index (χ1) is 9.18. The second-order valence-corrected chi connectivity index (χ2v) is 5.68. The lowest BCUT2D eigenvalue weighted by Crippen LogP contribution is -2.48. The molecule has 1 aliphatic carbocycles. The quantitative estimate of drug-likeness (QED) is 0.782. The van der Waals surface area contributed by atoms with Gasteiger partial charge in [-0.3, -0.25) is 4.79 Å². The number of piperidine rings is 1. The van der Waals surface area contributed by atoms with E-state index in [1.54, 1.807) is 11.9 Å². The van der Waals surface area contributed by atoms with E-state index in [1.807, 2.05) is 0 Å². The molecular weight excluding hydrogens is 244 g/mol. The minimum absolute atomic E-state index is 0.00974. The molecule has 0 aromatic heterocycles. The van der Waals surface area contributed by atoms with Gasteiger partial charge in [-0.25, -0.2) is 0 Å². The summed E-state index contributed by atoms with van der Waals surface area (Å²) >= 11 is 0. The zero-order valence-electron chi connectivity index (χ0n) is 11.8. The third kappa shape index (κ3) is 4.16. The van der Waals surface area contributed by atoms with Gasteiger partial charge in [0, 0.05) is 7.05 Å². The van der Waals surface area contributed by atoms with Crippen LogP contribution in [0.1, 0.15) is 38.5 Å². The molecule has 0 aromatic carbocycles. The number of aliphatic hydroxyl groups excluding tert-OH is 1. The van der Waals surface area contributed by atoms with Crippen LogP contribution >= 0.6 is 0 Å². The third-order valence-electron chi connectivity index (χ3n) is 4.31. The maximum atomic E-state index is 12.1. The van der Waals surface area contributed by atoms with E-state index in [9.17, 15) is 9.90 Å². The fourth-order valence-electron chi connectivity index (χ4n) is 2.98. The highest BCUT2D eigenvalue weighted by atomic mass is 16.5. The van der Waals surface area contributed by atoms with Gasteiger partial charge in [-0.1, -0.05) is 12.8 Å². The number of rotatable bonds is 4. The highest BCUT2D eigenvalue weighted by molar-refractivity contribution is 5.77. The maximum absolute atomic E-state index is 12.1. The van der Waals surface area contributed by atoms with Crippen LogP contribution in [0, 0.1) is 0 Å². The summed E-state index contributed by atoms with van der Waals surface area (Å²) in [6.07, 6.45) is 5.64. The molecule has 2 rings (SSSR count). The van der Waals surface area contributed by atoms with E-state index in [0.29, 0.717) is 0 Å². The first-order valence-corrected chi connectivity index (χ1v) is 7.44. The van der Waals surface area contributed by atoms with E-state index in [-0.39, 0.29) is 30.8 Å². The first-order valence-electron chi connectivity index (χ1n) is 7.44. The molecular formula is C14H26N2O3. The lowest BCUT2D eigenvalue weighted by molar-refractivity contribution is -0.142. The number of ether oxygens (including phenoxy) is 1. The van der Waals surface area contributed by atoms with E-state index in [4.69, 9.17) is 4.74 Å². The average Bonchev–Trinajstić information content (AvgIpc) is 2.45. The molecule has 2 fully saturated rings. The second-order valence-electron chi connectivity index (χ2n) is 5.68. The molecule has 1 saturated heterocycles. The summed E-state index contributed by atoms with van der Waals surface area (Å²) in [5, 5.41) is 13.2. The standard InChI is InChI=1S/C14H26N2O3/c1-16(12-4-2-3-5-13(12)17)14(18)10-19-11-6-8-15-9-7-11/h11-13,15,17H,2-10H2,1H3. The van der Waals surface area contributed by atoms with Crippen LogP contribution in [0.5, 0.6) is 0 Å². The van der Waals surface area contributed by atoms with Crippen molar-refractivity contribution < 1.29 is 14.6 Å². The number of carbonyl (C=O) groups excluding carboxylic acids is 1. The van der Waals surface area contributed by atoms with Gasteiger partial charge in [-0.2, -0.15) is 0 Å². The topological polar surface area (TPSA) is 61.8 Å². The van der Waals surface area contributed by atoms with E-state index in [2.05, 4.69) is 5.32 Å². The summed E-state index contributed by atoms with van der Waals surface area (Å²) < 4.78 is 5.68. The van der Waals surface area contributed by atoms with Crippen molar-refractivity contribution in [2.24, 2.45) is 0 Å². The van der Waals surface area contributed by atoms with Crippen LogP contribution in [-0.4, -0.2) is 60.9 Å². The summed E-state index contributed by atoms with van der Waals surface area (Å²) in [6.45, 7) is 2.08. The molecule has 1 heterocycles. The van der Waals surface area contributed by atoms with E-state index in [0.717, 1.165) is 51.6 Å². The van der Waals surface area contributed by atoms with Gasteiger partial charge < -0.3 is 20.1 Å². The molecule has 1 saturated carbocycles. The highest BCUT2D eigenvalue weighted by Gasteiger charge is 2.29. The van der Waals surface area contributed by atoms with Crippen molar-refractivity contribution in [1.82, 2.24) is 10.2 Å². The summed E-state index contributed by atoms with van der Waals surface area (Å²) in [5.74, 6) is -0.00974. The Balaban J connectivity index is 1.74. The van der Waals surface area contributed by atoms with Crippen molar-refractivity contribution >= 4 is 5.91 Å². The fourth-order valence-corrected chi connectivity index (χ4v) is 2.98. The van der Waals surface area contributed by atoms with Crippen LogP contribution in [0.25, 0.3) is 0 Å². The molecule has 5 heteroatoms. The molecule has 0 aromatic rings. The molecule has 2 aliphatic rings. The normalized spacial score (nSPS) is 29.2. The van der Waals surface area contributed by atoms with E-state index in [1.165, 1.54) is 0 Å². The van der Waals surface area contributed by atoms with Gasteiger partial charge in [-0.05, 0) is 38.8 Å². The average molecular weight is 270 g/mol. The Morgan fingerprint density at radius 1 is 1.26 bits per heavy atom. The van der Waals surface area contributed by atoms with Gasteiger partial charge in [0.25, 0.3) is 0 Å². The van der Waals surface area contributed by atoms with Crippen molar-refractivity contribution in [2.45, 2.75) is 56.8 Å². The molecule has 110 valence electrons. The Kier molecular flexibility index (Phi) is 5.60. The van der Waals surface area contributed by atoms with Crippen molar-refractivity contribution in [3.63, 3.8) is 0 Å². The van der Waals surface area contributed by atoms with E-state index >= 15 is 0 Å². The predicted molar refractivity (Wildman–Crippen MR) is 72.9 cm³/mol. The monoisotopic (exact) mass is 270 g/mol. The van der Waals surface area contributed by atoms with Gasteiger partial charge in [0.05, 0.1) is 18.2 Å². The van der Waals surface area contributed by atoms with Crippen LogP contribution in [-0.2, 0) is 9.53 Å². The molecule has 5 nitrogen and oxygen atoms in total. The number of aliphatic hydroxyl groups is 1. The molecule has 0 bridgehead atoms. The minimum atomic E-state index is -0.374. The molecule has 0 radical (unpaired) electrons. The fraction of sp³-hybridized carbons (Fsp3) is 0.929. The lowest BCUT2D eigenvalue weighted by atomic mass is 9.91. The summed E-state index contributed by atoms with van der Waals surface area (Å²) in [4.78, 5) is 13.8. The van der Waals surface area contributed by atoms with Gasteiger partial charge in [-0.15, -0.1) is 0 Å². The van der Waals surface area contributed by atoms with Crippen molar-refractivity contribution in [1.29, 1.82) is 0 Å². The molecule has 2 N–H and O–H groups in total. The number of likely N-dealkylation sites (N-methyl/N-ethyl adjacent to an activating group) is 1. The Morgan fingerprint density at radius 2 is 1.95 bits per heavy atom. The van der Waals surface area contributed by atoms with E-state index < -0.39 is 0 Å². The predicted octanol–water partition coefficient (Wildman–Crippen LogP) is 0.517. The number of carbonyl (C=O) groups is 1. The second kappa shape index (κ2) is 7.22. The SMILES string of the molecule is CN(C(=O)COC1CCNCC1)C1CCCCC1O. The molecule has 1 aliphatic heterocycles. The van der Waals surface area contributed by atoms with Crippen LogP contribution in [0.15, 0.2) is 0 Å². The number of nitrogens with one attached hydrogen (secondary N) is 1. The zero-order valence-corrected chi connectivity index (χ0v) is 11.8. The van der Waals surface area contributed by atoms with Crippen LogP contribution in [0.2, 0.25) is 0 Å². The summed E-state index contributed by atoms with van der Waals surface area (Å²) in [7, 11) is 1.79. The van der Waals surface area contributed by atoms with Crippen molar-refractivity contribution in [3.8, 4) is 0 Å². The van der Waals surface area contributed by atoms with Crippen LogP contribution in [0.3, 0.4) is 0 Å². The number of nitrogens with zero attached hydrogens (tertiary/aromatic N) is 1. The number of hydrogen-bond donors (Lipinski definition) is 2. The van der Waals surface area contributed by atoms with Crippen molar-refractivity contribution in [3.05, 3.63) is 0 Å². The third-order valence-corrected chi connectivity index (χ3v) is 4.31. The zero-order chi connectivity index (χ0) is 13.7. The maximum Gasteiger partial charge on any atom is 0.248 e. The molecule has 0 spiro atoms. The largest absolute Gasteiger partial charge is 0.391 e. The molecule has 1 amide bonds. The molecule has 2 unspecified atom stereocenters. The van der Waals surface area contributed by atoms with Gasteiger partial charge in [0.2, 0.25) is 5.91 Å². The molecule has 2 atom stereocenters. The molecule has 19 heavy (non-hydrogen) atoms. The Hall–Kier alpha value is -0.650. The van der Waals surface area contributed by atoms with Gasteiger partial charge >= 0.3 is 0 Å². The summed E-state index contributed by atoms with van der Waals surface area (Å²) in [5.41, 5.74) is 0. The first kappa shape index (κ1) is 14.8. The van der Waals surface area contributed by atoms with Crippen molar-refractivity contribution in [2.75, 3.05) is 26.7 Å². The van der Waals surface area contributed by atoms with Crippen LogP contribution < -0.4 is 5.32 Å². The van der Waals surface area contributed by atoms with Crippen LogP contribution in [0.4, 0.5) is 0 Å². The smallest absolute Gasteiger partial charge is 0.248 e. The Morgan fingerprint density at radius 3 is 2.63 bits per heavy atom. The number of amides is 1. The van der Waals surface area contributed by atoms with Gasteiger partial charge in [0.15, 0.2) is 0 Å². The summed E-state index contributed by atoms with van der Waals surface area (Å²) in [6, 6.07) is -0.0297. The number of hydrogen-bond acceptors (Lipinski definition) is 4.